The zero-order valence-corrected chi connectivity index (χ0v) is 17.7. The van der Waals surface area contributed by atoms with E-state index in [0.29, 0.717) is 27.8 Å². The van der Waals surface area contributed by atoms with E-state index in [1.54, 1.807) is 0 Å². The normalized spacial score (nSPS) is 11.3. The van der Waals surface area contributed by atoms with Gasteiger partial charge in [0.2, 0.25) is 0 Å². The molecule has 0 aliphatic carbocycles. The number of nitrogens with two attached hydrogens (primary N) is 1. The molecule has 142 valence electrons. The molecule has 0 amide bonds. The number of hydrogen-bond acceptors (Lipinski definition) is 5. The van der Waals surface area contributed by atoms with Crippen LogP contribution in [0.1, 0.15) is 5.56 Å². The summed E-state index contributed by atoms with van der Waals surface area (Å²) in [6.07, 6.45) is 0. The molecule has 0 atom stereocenters. The van der Waals surface area contributed by atoms with Gasteiger partial charge in [0, 0.05) is 4.90 Å². The summed E-state index contributed by atoms with van der Waals surface area (Å²) < 4.78 is 2.69. The van der Waals surface area contributed by atoms with E-state index in [1.165, 1.54) is 22.5 Å². The molecule has 29 heavy (non-hydrogen) atoms. The van der Waals surface area contributed by atoms with Crippen LogP contribution in [0.3, 0.4) is 0 Å². The predicted octanol–water partition coefficient (Wildman–Crippen LogP) is 5.52. The molecule has 0 aliphatic heterocycles. The highest BCUT2D eigenvalue weighted by Gasteiger charge is 2.16. The second-order valence-corrected chi connectivity index (χ2v) is 8.38. The van der Waals surface area contributed by atoms with Crippen LogP contribution in [0, 0.1) is 0 Å². The molecule has 0 saturated carbocycles. The van der Waals surface area contributed by atoms with Crippen LogP contribution in [0.5, 0.6) is 0 Å². The third-order valence-electron chi connectivity index (χ3n) is 4.67. The Kier molecular flexibility index (Phi) is 4.69. The minimum atomic E-state index is 0.380. The third kappa shape index (κ3) is 3.59. The summed E-state index contributed by atoms with van der Waals surface area (Å²) in [7, 11) is 0. The second-order valence-electron chi connectivity index (χ2n) is 6.63. The van der Waals surface area contributed by atoms with E-state index in [2.05, 4.69) is 68.4 Å². The van der Waals surface area contributed by atoms with Gasteiger partial charge in [0.25, 0.3) is 0 Å². The van der Waals surface area contributed by atoms with Crippen LogP contribution in [-0.2, 0) is 6.54 Å². The van der Waals surface area contributed by atoms with Crippen molar-refractivity contribution in [1.29, 1.82) is 0 Å². The van der Waals surface area contributed by atoms with Crippen LogP contribution < -0.4 is 5.73 Å². The van der Waals surface area contributed by atoms with Gasteiger partial charge in [-0.1, -0.05) is 60.7 Å². The molecule has 3 aromatic carbocycles. The van der Waals surface area contributed by atoms with E-state index >= 15 is 0 Å². The van der Waals surface area contributed by atoms with Gasteiger partial charge in [0.1, 0.15) is 0 Å². The molecule has 0 spiro atoms. The number of halogens is 1. The lowest BCUT2D eigenvalue weighted by atomic mass is 10.1. The summed E-state index contributed by atoms with van der Waals surface area (Å²) >= 11 is 5.04. The molecule has 2 N–H and O–H groups in total. The molecule has 0 radical (unpaired) electrons. The highest BCUT2D eigenvalue weighted by Crippen LogP contribution is 2.31. The van der Waals surface area contributed by atoms with Gasteiger partial charge in [-0.05, 0) is 56.2 Å². The summed E-state index contributed by atoms with van der Waals surface area (Å²) in [6, 6.07) is 24.8. The predicted molar refractivity (Wildman–Crippen MR) is 121 cm³/mol. The van der Waals surface area contributed by atoms with E-state index in [4.69, 9.17) is 10.7 Å². The Bertz CT molecular complexity index is 1330. The fourth-order valence-corrected chi connectivity index (χ4v) is 4.54. The van der Waals surface area contributed by atoms with Crippen LogP contribution in [-0.4, -0.2) is 19.5 Å². The molecular weight excluding hydrogens is 446 g/mol. The average Bonchev–Trinajstić information content (AvgIpc) is 3.05. The van der Waals surface area contributed by atoms with Gasteiger partial charge in [-0.15, -0.1) is 0 Å². The molecule has 5 aromatic rings. The van der Waals surface area contributed by atoms with Crippen molar-refractivity contribution in [2.45, 2.75) is 16.6 Å². The van der Waals surface area contributed by atoms with Gasteiger partial charge in [-0.3, -0.25) is 4.57 Å². The summed E-state index contributed by atoms with van der Waals surface area (Å²) in [5.41, 5.74) is 8.70. The lowest BCUT2D eigenvalue weighted by Gasteiger charge is -2.07. The van der Waals surface area contributed by atoms with E-state index in [9.17, 15) is 0 Å². The summed E-state index contributed by atoms with van der Waals surface area (Å²) in [5, 5.41) is 2.99. The van der Waals surface area contributed by atoms with E-state index in [1.807, 2.05) is 34.9 Å². The van der Waals surface area contributed by atoms with Crippen LogP contribution >= 0.6 is 27.7 Å². The number of benzene rings is 3. The first-order valence-electron chi connectivity index (χ1n) is 9.07. The van der Waals surface area contributed by atoms with Gasteiger partial charge in [-0.25, -0.2) is 15.0 Å². The molecule has 7 heteroatoms. The van der Waals surface area contributed by atoms with Crippen molar-refractivity contribution in [2.24, 2.45) is 0 Å². The number of nitrogen functional groups attached to an aromatic ring is 1. The molecule has 5 rings (SSSR count). The highest BCUT2D eigenvalue weighted by atomic mass is 79.9. The van der Waals surface area contributed by atoms with E-state index < -0.39 is 0 Å². The van der Waals surface area contributed by atoms with Crippen molar-refractivity contribution in [1.82, 2.24) is 19.5 Å². The van der Waals surface area contributed by atoms with Crippen molar-refractivity contribution < 1.29 is 0 Å². The lowest BCUT2D eigenvalue weighted by Crippen LogP contribution is -2.03. The topological polar surface area (TPSA) is 69.6 Å². The van der Waals surface area contributed by atoms with Crippen LogP contribution in [0.25, 0.3) is 21.9 Å². The van der Waals surface area contributed by atoms with Crippen molar-refractivity contribution >= 4 is 55.4 Å². The number of imidazole rings is 1. The van der Waals surface area contributed by atoms with Crippen molar-refractivity contribution in [3.05, 3.63) is 83.1 Å². The first-order chi connectivity index (χ1) is 14.2. The molecule has 0 aliphatic rings. The standard InChI is InChI=1S/C22H16BrN5S/c23-21-25-18-19(24)26-22(27-20(18)28(21)13-14-6-2-1-3-7-14)29-17-11-10-15-8-4-5-9-16(15)12-17/h1-12H,13H2,(H2,24,26,27). The molecule has 0 saturated heterocycles. The number of aromatic nitrogens is 4. The number of rotatable bonds is 4. The Morgan fingerprint density at radius 3 is 2.45 bits per heavy atom. The van der Waals surface area contributed by atoms with Gasteiger partial charge in [0.05, 0.1) is 6.54 Å². The maximum atomic E-state index is 6.22. The molecule has 0 unspecified atom stereocenters. The summed E-state index contributed by atoms with van der Waals surface area (Å²) in [5.74, 6) is 0.380. The minimum Gasteiger partial charge on any atom is -0.382 e. The summed E-state index contributed by atoms with van der Waals surface area (Å²) in [6.45, 7) is 0.647. The average molecular weight is 462 g/mol. The van der Waals surface area contributed by atoms with E-state index in [0.717, 1.165) is 16.1 Å². The van der Waals surface area contributed by atoms with Crippen LogP contribution in [0.4, 0.5) is 5.82 Å². The largest absolute Gasteiger partial charge is 0.382 e. The van der Waals surface area contributed by atoms with Gasteiger partial charge in [0.15, 0.2) is 26.9 Å². The number of hydrogen-bond donors (Lipinski definition) is 1. The van der Waals surface area contributed by atoms with Gasteiger partial charge in [-0.2, -0.15) is 0 Å². The molecule has 5 nitrogen and oxygen atoms in total. The SMILES string of the molecule is Nc1nc(Sc2ccc3ccccc3c2)nc2c1nc(Br)n2Cc1ccccc1. The van der Waals surface area contributed by atoms with Gasteiger partial charge < -0.3 is 5.73 Å². The Hall–Kier alpha value is -2.90. The zero-order chi connectivity index (χ0) is 19.8. The first-order valence-corrected chi connectivity index (χ1v) is 10.7. The maximum absolute atomic E-state index is 6.22. The lowest BCUT2D eigenvalue weighted by molar-refractivity contribution is 0.783. The second kappa shape index (κ2) is 7.50. The molecule has 0 bridgehead atoms. The maximum Gasteiger partial charge on any atom is 0.196 e. The Morgan fingerprint density at radius 1 is 0.862 bits per heavy atom. The molecule has 2 heterocycles. The Morgan fingerprint density at radius 2 is 1.62 bits per heavy atom. The number of fused-ring (bicyclic) bond motifs is 2. The number of nitrogens with zero attached hydrogens (tertiary/aromatic N) is 4. The van der Waals surface area contributed by atoms with E-state index in [-0.39, 0.29) is 0 Å². The highest BCUT2D eigenvalue weighted by molar-refractivity contribution is 9.10. The zero-order valence-electron chi connectivity index (χ0n) is 15.3. The molecule has 2 aromatic heterocycles. The Labute approximate surface area is 180 Å². The van der Waals surface area contributed by atoms with Crippen LogP contribution in [0.2, 0.25) is 0 Å². The fourth-order valence-electron chi connectivity index (χ4n) is 3.26. The first kappa shape index (κ1) is 18.1. The smallest absolute Gasteiger partial charge is 0.196 e. The molecule has 0 fully saturated rings. The van der Waals surface area contributed by atoms with Gasteiger partial charge >= 0.3 is 0 Å². The monoisotopic (exact) mass is 461 g/mol. The quantitative estimate of drug-likeness (QED) is 0.281. The third-order valence-corrected chi connectivity index (χ3v) is 6.13. The Balaban J connectivity index is 1.55. The van der Waals surface area contributed by atoms with Crippen molar-refractivity contribution in [3.8, 4) is 0 Å². The van der Waals surface area contributed by atoms with Crippen LogP contribution in [0.15, 0.2) is 87.6 Å². The fraction of sp³-hybridized carbons (Fsp3) is 0.0455. The summed E-state index contributed by atoms with van der Waals surface area (Å²) in [4.78, 5) is 14.8. The molecular formula is C22H16BrN5S. The van der Waals surface area contributed by atoms with Crippen molar-refractivity contribution in [3.63, 3.8) is 0 Å². The number of anilines is 1. The minimum absolute atomic E-state index is 0.380. The van der Waals surface area contributed by atoms with Crippen molar-refractivity contribution in [2.75, 3.05) is 5.73 Å².